The van der Waals surface area contributed by atoms with Gasteiger partial charge in [0.25, 0.3) is 0 Å². The lowest BCUT2D eigenvalue weighted by Crippen LogP contribution is -2.48. The first-order chi connectivity index (χ1) is 8.19. The van der Waals surface area contributed by atoms with Gasteiger partial charge in [-0.3, -0.25) is 0 Å². The smallest absolute Gasteiger partial charge is 0.225 e. The maximum absolute atomic E-state index is 5.77. The van der Waals surface area contributed by atoms with Crippen molar-refractivity contribution in [2.75, 3.05) is 31.7 Å². The molecule has 2 heterocycles. The standard InChI is InChI=1S/C11H16BrN3O2/c1-8-5-15(6-10(17-8)7-16-2)11-13-3-9(12)4-14-11/h3-4,8,10H,5-7H2,1-2H3. The second kappa shape index (κ2) is 5.75. The Labute approximate surface area is 109 Å². The Kier molecular flexibility index (Phi) is 4.31. The summed E-state index contributed by atoms with van der Waals surface area (Å²) < 4.78 is 11.8. The number of anilines is 1. The molecule has 0 aliphatic carbocycles. The SMILES string of the molecule is COCC1CN(c2ncc(Br)cn2)CC(C)O1. The zero-order valence-corrected chi connectivity index (χ0v) is 11.6. The van der Waals surface area contributed by atoms with Crippen molar-refractivity contribution in [3.05, 3.63) is 16.9 Å². The second-order valence-electron chi connectivity index (χ2n) is 4.13. The molecule has 0 N–H and O–H groups in total. The number of rotatable bonds is 3. The molecular weight excluding hydrogens is 286 g/mol. The van der Waals surface area contributed by atoms with Crippen LogP contribution in [0.5, 0.6) is 0 Å². The highest BCUT2D eigenvalue weighted by Crippen LogP contribution is 2.17. The van der Waals surface area contributed by atoms with E-state index in [0.717, 1.165) is 23.5 Å². The van der Waals surface area contributed by atoms with E-state index >= 15 is 0 Å². The average molecular weight is 302 g/mol. The van der Waals surface area contributed by atoms with Gasteiger partial charge < -0.3 is 14.4 Å². The van der Waals surface area contributed by atoms with Crippen molar-refractivity contribution in [3.8, 4) is 0 Å². The van der Waals surface area contributed by atoms with Crippen LogP contribution in [0.15, 0.2) is 16.9 Å². The van der Waals surface area contributed by atoms with E-state index in [1.807, 2.05) is 6.92 Å². The molecule has 1 fully saturated rings. The molecule has 0 aromatic carbocycles. The van der Waals surface area contributed by atoms with Crippen LogP contribution in [-0.4, -0.2) is 49.0 Å². The minimum absolute atomic E-state index is 0.0796. The Morgan fingerprint density at radius 3 is 2.82 bits per heavy atom. The molecule has 2 unspecified atom stereocenters. The van der Waals surface area contributed by atoms with Crippen LogP contribution >= 0.6 is 15.9 Å². The molecule has 2 atom stereocenters. The minimum Gasteiger partial charge on any atom is -0.382 e. The Hall–Kier alpha value is -0.720. The Morgan fingerprint density at radius 1 is 1.47 bits per heavy atom. The van der Waals surface area contributed by atoms with Crippen LogP contribution in [0.4, 0.5) is 5.95 Å². The number of halogens is 1. The third-order valence-electron chi connectivity index (χ3n) is 2.57. The summed E-state index contributed by atoms with van der Waals surface area (Å²) in [4.78, 5) is 10.7. The van der Waals surface area contributed by atoms with E-state index in [0.29, 0.717) is 6.61 Å². The van der Waals surface area contributed by atoms with Gasteiger partial charge in [0.2, 0.25) is 5.95 Å². The molecule has 6 heteroatoms. The fourth-order valence-electron chi connectivity index (χ4n) is 1.96. The lowest BCUT2D eigenvalue weighted by molar-refractivity contribution is -0.0514. The van der Waals surface area contributed by atoms with Crippen LogP contribution < -0.4 is 4.90 Å². The molecular formula is C11H16BrN3O2. The third-order valence-corrected chi connectivity index (χ3v) is 2.98. The van der Waals surface area contributed by atoms with Gasteiger partial charge in [0.15, 0.2) is 0 Å². The Bertz CT molecular complexity index is 360. The number of hydrogen-bond donors (Lipinski definition) is 0. The van der Waals surface area contributed by atoms with Gasteiger partial charge in [0.1, 0.15) is 0 Å². The molecule has 0 bridgehead atoms. The normalized spacial score (nSPS) is 25.0. The van der Waals surface area contributed by atoms with Crippen molar-refractivity contribution < 1.29 is 9.47 Å². The van der Waals surface area contributed by atoms with Gasteiger partial charge in [-0.1, -0.05) is 0 Å². The highest BCUT2D eigenvalue weighted by molar-refractivity contribution is 9.10. The Morgan fingerprint density at radius 2 is 2.18 bits per heavy atom. The molecule has 2 rings (SSSR count). The fraction of sp³-hybridized carbons (Fsp3) is 0.636. The number of aromatic nitrogens is 2. The van der Waals surface area contributed by atoms with Crippen LogP contribution in [-0.2, 0) is 9.47 Å². The summed E-state index contributed by atoms with van der Waals surface area (Å²) in [6.45, 7) is 4.21. The van der Waals surface area contributed by atoms with Crippen molar-refractivity contribution in [1.82, 2.24) is 9.97 Å². The molecule has 0 saturated carbocycles. The van der Waals surface area contributed by atoms with Gasteiger partial charge in [-0.15, -0.1) is 0 Å². The first-order valence-corrected chi connectivity index (χ1v) is 6.35. The molecule has 1 aliphatic rings. The lowest BCUT2D eigenvalue weighted by atomic mass is 10.2. The quantitative estimate of drug-likeness (QED) is 0.846. The number of ether oxygens (including phenoxy) is 2. The summed E-state index contributed by atoms with van der Waals surface area (Å²) in [6, 6.07) is 0. The first kappa shape index (κ1) is 12.7. The summed E-state index contributed by atoms with van der Waals surface area (Å²) in [5.41, 5.74) is 0. The largest absolute Gasteiger partial charge is 0.382 e. The minimum atomic E-state index is 0.0796. The maximum atomic E-state index is 5.77. The summed E-state index contributed by atoms with van der Waals surface area (Å²) in [6.07, 6.45) is 3.76. The van der Waals surface area contributed by atoms with Crippen LogP contribution in [0.3, 0.4) is 0 Å². The van der Waals surface area contributed by atoms with E-state index < -0.39 is 0 Å². The molecule has 17 heavy (non-hydrogen) atoms. The van der Waals surface area contributed by atoms with E-state index in [2.05, 4.69) is 30.8 Å². The second-order valence-corrected chi connectivity index (χ2v) is 5.05. The highest BCUT2D eigenvalue weighted by atomic mass is 79.9. The van der Waals surface area contributed by atoms with Gasteiger partial charge in [0, 0.05) is 32.6 Å². The maximum Gasteiger partial charge on any atom is 0.225 e. The molecule has 1 saturated heterocycles. The number of hydrogen-bond acceptors (Lipinski definition) is 5. The van der Waals surface area contributed by atoms with Gasteiger partial charge in [-0.05, 0) is 22.9 Å². The lowest BCUT2D eigenvalue weighted by Gasteiger charge is -2.36. The fourth-order valence-corrected chi connectivity index (χ4v) is 2.16. The predicted molar refractivity (Wildman–Crippen MR) is 68.2 cm³/mol. The number of morpholine rings is 1. The monoisotopic (exact) mass is 301 g/mol. The predicted octanol–water partition coefficient (Wildman–Crippen LogP) is 1.48. The third kappa shape index (κ3) is 3.37. The summed E-state index contributed by atoms with van der Waals surface area (Å²) in [5, 5.41) is 0. The zero-order chi connectivity index (χ0) is 12.3. The van der Waals surface area contributed by atoms with Gasteiger partial charge in [-0.2, -0.15) is 0 Å². The highest BCUT2D eigenvalue weighted by Gasteiger charge is 2.26. The molecule has 5 nitrogen and oxygen atoms in total. The van der Waals surface area contributed by atoms with Gasteiger partial charge in [-0.25, -0.2) is 9.97 Å². The molecule has 1 aromatic heterocycles. The van der Waals surface area contributed by atoms with Crippen molar-refractivity contribution >= 4 is 21.9 Å². The van der Waals surface area contributed by atoms with Crippen LogP contribution in [0.25, 0.3) is 0 Å². The summed E-state index contributed by atoms with van der Waals surface area (Å²) in [7, 11) is 1.68. The van der Waals surface area contributed by atoms with Crippen molar-refractivity contribution in [2.24, 2.45) is 0 Å². The molecule has 94 valence electrons. The number of methoxy groups -OCH3 is 1. The first-order valence-electron chi connectivity index (χ1n) is 5.56. The molecule has 1 aromatic rings. The van der Waals surface area contributed by atoms with Crippen LogP contribution in [0.2, 0.25) is 0 Å². The summed E-state index contributed by atoms with van der Waals surface area (Å²) in [5.74, 6) is 0.740. The Balaban J connectivity index is 2.06. The molecule has 1 aliphatic heterocycles. The van der Waals surface area contributed by atoms with Gasteiger partial charge >= 0.3 is 0 Å². The van der Waals surface area contributed by atoms with Crippen molar-refractivity contribution in [2.45, 2.75) is 19.1 Å². The zero-order valence-electron chi connectivity index (χ0n) is 9.97. The summed E-state index contributed by atoms with van der Waals surface area (Å²) >= 11 is 3.33. The van der Waals surface area contributed by atoms with Crippen molar-refractivity contribution in [1.29, 1.82) is 0 Å². The van der Waals surface area contributed by atoms with E-state index in [-0.39, 0.29) is 12.2 Å². The van der Waals surface area contributed by atoms with Gasteiger partial charge in [0.05, 0.1) is 23.3 Å². The van der Waals surface area contributed by atoms with E-state index in [1.165, 1.54) is 0 Å². The topological polar surface area (TPSA) is 47.5 Å². The molecule has 0 radical (unpaired) electrons. The van der Waals surface area contributed by atoms with Crippen LogP contribution in [0.1, 0.15) is 6.92 Å². The van der Waals surface area contributed by atoms with E-state index in [1.54, 1.807) is 19.5 Å². The molecule has 0 spiro atoms. The van der Waals surface area contributed by atoms with Crippen LogP contribution in [0, 0.1) is 0 Å². The number of nitrogens with zero attached hydrogens (tertiary/aromatic N) is 3. The molecule has 0 amide bonds. The van der Waals surface area contributed by atoms with Crippen molar-refractivity contribution in [3.63, 3.8) is 0 Å². The average Bonchev–Trinajstić information content (AvgIpc) is 2.29. The van der Waals surface area contributed by atoms with E-state index in [4.69, 9.17) is 9.47 Å². The van der Waals surface area contributed by atoms with E-state index in [9.17, 15) is 0 Å².